The van der Waals surface area contributed by atoms with Crippen LogP contribution in [0.3, 0.4) is 0 Å². The number of carbonyl (C=O) groups excluding carboxylic acids is 1. The first-order valence-corrected chi connectivity index (χ1v) is 6.24. The number of carboxylic acid groups (broad SMARTS) is 1. The summed E-state index contributed by atoms with van der Waals surface area (Å²) in [7, 11) is 0. The normalized spacial score (nSPS) is 11.7. The molecule has 0 spiro atoms. The summed E-state index contributed by atoms with van der Waals surface area (Å²) in [5.74, 6) is -1.13. The maximum Gasteiger partial charge on any atom is 0.306 e. The molecule has 0 aliphatic rings. The van der Waals surface area contributed by atoms with Crippen LogP contribution in [0.15, 0.2) is 24.3 Å². The van der Waals surface area contributed by atoms with Crippen LogP contribution in [0.25, 0.3) is 0 Å². The highest BCUT2D eigenvalue weighted by molar-refractivity contribution is 6.30. The van der Waals surface area contributed by atoms with Gasteiger partial charge in [-0.05, 0) is 24.6 Å². The molecule has 1 aromatic carbocycles. The summed E-state index contributed by atoms with van der Waals surface area (Å²) in [5.41, 5.74) is 0. The number of carboxylic acids is 1. The lowest BCUT2D eigenvalue weighted by Crippen LogP contribution is -2.31. The van der Waals surface area contributed by atoms with Gasteiger partial charge >= 0.3 is 5.97 Å². The smallest absolute Gasteiger partial charge is 0.306 e. The predicted molar refractivity (Wildman–Crippen MR) is 71.4 cm³/mol. The Morgan fingerprint density at radius 1 is 1.47 bits per heavy atom. The first-order valence-electron chi connectivity index (χ1n) is 5.87. The van der Waals surface area contributed by atoms with Crippen molar-refractivity contribution in [3.63, 3.8) is 0 Å². The lowest BCUT2D eigenvalue weighted by atomic mass is 10.1. The van der Waals surface area contributed by atoms with Crippen LogP contribution in [-0.2, 0) is 9.59 Å². The molecular weight excluding hydrogens is 270 g/mol. The van der Waals surface area contributed by atoms with Gasteiger partial charge in [-0.25, -0.2) is 0 Å². The van der Waals surface area contributed by atoms with E-state index < -0.39 is 11.9 Å². The van der Waals surface area contributed by atoms with Crippen molar-refractivity contribution in [1.29, 1.82) is 0 Å². The summed E-state index contributed by atoms with van der Waals surface area (Å²) in [5, 5.41) is 11.8. The second kappa shape index (κ2) is 7.63. The number of hydrogen-bond donors (Lipinski definition) is 2. The van der Waals surface area contributed by atoms with Crippen molar-refractivity contribution in [2.75, 3.05) is 13.2 Å². The van der Waals surface area contributed by atoms with Crippen LogP contribution in [0.1, 0.15) is 13.3 Å². The van der Waals surface area contributed by atoms with Gasteiger partial charge in [0.1, 0.15) is 5.75 Å². The molecule has 1 unspecified atom stereocenters. The minimum Gasteiger partial charge on any atom is -0.484 e. The summed E-state index contributed by atoms with van der Waals surface area (Å²) in [4.78, 5) is 22.0. The molecule has 0 radical (unpaired) electrons. The zero-order valence-corrected chi connectivity index (χ0v) is 11.3. The molecule has 1 atom stereocenters. The van der Waals surface area contributed by atoms with Gasteiger partial charge in [-0.3, -0.25) is 9.59 Å². The summed E-state index contributed by atoms with van der Waals surface area (Å²) < 4.78 is 5.24. The van der Waals surface area contributed by atoms with E-state index in [1.54, 1.807) is 31.2 Å². The van der Waals surface area contributed by atoms with E-state index in [1.165, 1.54) is 0 Å². The fourth-order valence-electron chi connectivity index (χ4n) is 1.31. The van der Waals surface area contributed by atoms with Crippen molar-refractivity contribution in [2.45, 2.75) is 13.3 Å². The monoisotopic (exact) mass is 285 g/mol. The molecule has 0 heterocycles. The molecular formula is C13H16ClNO4. The molecule has 0 aliphatic carbocycles. The van der Waals surface area contributed by atoms with Gasteiger partial charge < -0.3 is 15.2 Å². The minimum atomic E-state index is -0.871. The highest BCUT2D eigenvalue weighted by atomic mass is 35.5. The van der Waals surface area contributed by atoms with E-state index in [-0.39, 0.29) is 12.5 Å². The fraction of sp³-hybridized carbons (Fsp3) is 0.385. The Morgan fingerprint density at radius 2 is 2.21 bits per heavy atom. The Labute approximate surface area is 116 Å². The molecule has 1 rings (SSSR count). The number of rotatable bonds is 7. The molecule has 0 saturated carbocycles. The summed E-state index contributed by atoms with van der Waals surface area (Å²) in [6.07, 6.45) is 0.387. The van der Waals surface area contributed by atoms with Crippen molar-refractivity contribution in [3.05, 3.63) is 29.3 Å². The number of halogens is 1. The largest absolute Gasteiger partial charge is 0.484 e. The van der Waals surface area contributed by atoms with E-state index in [0.717, 1.165) is 0 Å². The van der Waals surface area contributed by atoms with Crippen LogP contribution in [0.4, 0.5) is 0 Å². The number of nitrogens with one attached hydrogen (secondary N) is 1. The highest BCUT2D eigenvalue weighted by Gasteiger charge is 2.11. The Hall–Kier alpha value is -1.75. The number of amides is 1. The maximum atomic E-state index is 11.4. The van der Waals surface area contributed by atoms with Crippen LogP contribution in [-0.4, -0.2) is 30.1 Å². The molecule has 0 saturated heterocycles. The molecule has 0 bridgehead atoms. The molecule has 1 amide bonds. The molecule has 19 heavy (non-hydrogen) atoms. The zero-order chi connectivity index (χ0) is 14.3. The van der Waals surface area contributed by atoms with Crippen LogP contribution < -0.4 is 10.1 Å². The fourth-order valence-corrected chi connectivity index (χ4v) is 1.49. The third-order valence-corrected chi connectivity index (χ3v) is 2.72. The average Bonchev–Trinajstić information content (AvgIpc) is 2.36. The van der Waals surface area contributed by atoms with Crippen LogP contribution >= 0.6 is 11.6 Å². The standard InChI is InChI=1S/C13H16ClNO4/c1-9(13(17)18)5-6-15-12(16)8-19-11-4-2-3-10(14)7-11/h2-4,7,9H,5-6,8H2,1H3,(H,15,16)(H,17,18). The van der Waals surface area contributed by atoms with E-state index in [0.29, 0.717) is 23.7 Å². The van der Waals surface area contributed by atoms with Crippen molar-refractivity contribution < 1.29 is 19.4 Å². The Kier molecular flexibility index (Phi) is 6.15. The topological polar surface area (TPSA) is 75.6 Å². The Balaban J connectivity index is 2.23. The molecule has 104 valence electrons. The van der Waals surface area contributed by atoms with Gasteiger partial charge in [-0.2, -0.15) is 0 Å². The van der Waals surface area contributed by atoms with Crippen LogP contribution in [0.2, 0.25) is 5.02 Å². The number of carbonyl (C=O) groups is 2. The van der Waals surface area contributed by atoms with Gasteiger partial charge in [0, 0.05) is 11.6 Å². The van der Waals surface area contributed by atoms with Crippen molar-refractivity contribution in [3.8, 4) is 5.75 Å². The lowest BCUT2D eigenvalue weighted by molar-refractivity contribution is -0.141. The van der Waals surface area contributed by atoms with Gasteiger partial charge in [0.25, 0.3) is 5.91 Å². The van der Waals surface area contributed by atoms with Crippen molar-refractivity contribution in [1.82, 2.24) is 5.32 Å². The maximum absolute atomic E-state index is 11.4. The highest BCUT2D eigenvalue weighted by Crippen LogP contribution is 2.16. The predicted octanol–water partition coefficient (Wildman–Crippen LogP) is 1.95. The Bertz CT molecular complexity index is 450. The quantitative estimate of drug-likeness (QED) is 0.803. The van der Waals surface area contributed by atoms with E-state index >= 15 is 0 Å². The van der Waals surface area contributed by atoms with Gasteiger partial charge in [0.05, 0.1) is 5.92 Å². The third-order valence-electron chi connectivity index (χ3n) is 2.49. The third kappa shape index (κ3) is 6.10. The van der Waals surface area contributed by atoms with Crippen LogP contribution in [0, 0.1) is 5.92 Å². The number of hydrogen-bond acceptors (Lipinski definition) is 3. The summed E-state index contributed by atoms with van der Waals surface area (Å²) >= 11 is 5.77. The SMILES string of the molecule is CC(CCNC(=O)COc1cccc(Cl)c1)C(=O)O. The molecule has 5 nitrogen and oxygen atoms in total. The van der Waals surface area contributed by atoms with Crippen molar-refractivity contribution >= 4 is 23.5 Å². The number of aliphatic carboxylic acids is 1. The first kappa shape index (κ1) is 15.3. The van der Waals surface area contributed by atoms with E-state index in [2.05, 4.69) is 5.32 Å². The molecule has 6 heteroatoms. The number of benzene rings is 1. The van der Waals surface area contributed by atoms with Gasteiger partial charge in [-0.1, -0.05) is 24.6 Å². The number of ether oxygens (including phenoxy) is 1. The van der Waals surface area contributed by atoms with Gasteiger partial charge in [0.15, 0.2) is 6.61 Å². The van der Waals surface area contributed by atoms with E-state index in [9.17, 15) is 9.59 Å². The second-order valence-corrected chi connectivity index (χ2v) is 4.56. The molecule has 2 N–H and O–H groups in total. The zero-order valence-electron chi connectivity index (χ0n) is 10.6. The average molecular weight is 286 g/mol. The molecule has 1 aromatic rings. The van der Waals surface area contributed by atoms with E-state index in [1.807, 2.05) is 0 Å². The second-order valence-electron chi connectivity index (χ2n) is 4.12. The first-order chi connectivity index (χ1) is 8.99. The Morgan fingerprint density at radius 3 is 2.84 bits per heavy atom. The van der Waals surface area contributed by atoms with Gasteiger partial charge in [0.2, 0.25) is 0 Å². The van der Waals surface area contributed by atoms with Crippen LogP contribution in [0.5, 0.6) is 5.75 Å². The molecule has 0 aromatic heterocycles. The molecule has 0 fully saturated rings. The lowest BCUT2D eigenvalue weighted by Gasteiger charge is -2.09. The summed E-state index contributed by atoms with van der Waals surface area (Å²) in [6, 6.07) is 6.75. The molecule has 0 aliphatic heterocycles. The van der Waals surface area contributed by atoms with Crippen molar-refractivity contribution in [2.24, 2.45) is 5.92 Å². The minimum absolute atomic E-state index is 0.123. The van der Waals surface area contributed by atoms with Gasteiger partial charge in [-0.15, -0.1) is 0 Å². The summed E-state index contributed by atoms with van der Waals surface area (Å²) in [6.45, 7) is 1.78. The van der Waals surface area contributed by atoms with E-state index in [4.69, 9.17) is 21.4 Å².